The minimum absolute atomic E-state index is 0.624. The van der Waals surface area contributed by atoms with Gasteiger partial charge in [0.05, 0.1) is 7.11 Å². The number of methoxy groups -OCH3 is 1. The second-order valence-electron chi connectivity index (χ2n) is 2.85. The minimum Gasteiger partial charge on any atom is -0.495 e. The lowest BCUT2D eigenvalue weighted by atomic mass is 10.4. The number of alkyl halides is 3. The highest BCUT2D eigenvalue weighted by molar-refractivity contribution is 8.13. The quantitative estimate of drug-likeness (QED) is 0.848. The molecule has 0 bridgehead atoms. The van der Waals surface area contributed by atoms with Crippen LogP contribution in [0.1, 0.15) is 0 Å². The molecule has 1 N–H and O–H groups in total. The number of H-pyrrole nitrogens is 1. The third-order valence-corrected chi connectivity index (χ3v) is 2.95. The Morgan fingerprint density at radius 2 is 1.94 bits per heavy atom. The van der Waals surface area contributed by atoms with E-state index in [9.17, 15) is 26.4 Å². The Morgan fingerprint density at radius 3 is 2.33 bits per heavy atom. The molecule has 6 nitrogen and oxygen atoms in total. The summed E-state index contributed by atoms with van der Waals surface area (Å²) >= 11 is 0. The first kappa shape index (κ1) is 14.6. The number of halogens is 4. The van der Waals surface area contributed by atoms with Crippen molar-refractivity contribution in [1.29, 1.82) is 0 Å². The number of hydrogen-bond donors (Lipinski definition) is 1. The monoisotopic (exact) mass is 307 g/mol. The van der Waals surface area contributed by atoms with Crippen LogP contribution in [0.2, 0.25) is 0 Å². The maximum Gasteiger partial charge on any atom is 0.574 e. The molecule has 102 valence electrons. The van der Waals surface area contributed by atoms with Crippen molar-refractivity contribution in [3.8, 4) is 11.6 Å². The number of aromatic amines is 1. The van der Waals surface area contributed by atoms with Gasteiger partial charge in [-0.25, -0.2) is 8.42 Å². The van der Waals surface area contributed by atoms with E-state index >= 15 is 0 Å². The Morgan fingerprint density at radius 1 is 1.39 bits per heavy atom. The summed E-state index contributed by atoms with van der Waals surface area (Å²) in [5.41, 5.74) is -1.05. The lowest BCUT2D eigenvalue weighted by Gasteiger charge is -2.13. The Balaban J connectivity index is 3.58. The zero-order valence-corrected chi connectivity index (χ0v) is 10.1. The van der Waals surface area contributed by atoms with E-state index in [1.807, 2.05) is 0 Å². The van der Waals surface area contributed by atoms with E-state index in [4.69, 9.17) is 10.7 Å². The standard InChI is InChI=1S/C7H5ClF3NO5S/c1-16-3-2-4(13)12-6(17-7(9,10)11)5(3)18(8,14)15/h2H,1H3,(H,12,13). The van der Waals surface area contributed by atoms with Crippen LogP contribution in [0.15, 0.2) is 15.8 Å². The molecule has 0 aliphatic rings. The third kappa shape index (κ3) is 3.53. The summed E-state index contributed by atoms with van der Waals surface area (Å²) in [5.74, 6) is -2.02. The number of nitrogens with one attached hydrogen (secondary N) is 1. The number of ether oxygens (including phenoxy) is 2. The Hall–Kier alpha value is -1.42. The van der Waals surface area contributed by atoms with Crippen LogP contribution in [0, 0.1) is 0 Å². The number of hydrogen-bond acceptors (Lipinski definition) is 5. The van der Waals surface area contributed by atoms with Gasteiger partial charge in [-0.1, -0.05) is 0 Å². The number of pyridine rings is 1. The van der Waals surface area contributed by atoms with E-state index in [0.717, 1.165) is 7.11 Å². The number of aromatic nitrogens is 1. The molecule has 0 aliphatic carbocycles. The molecule has 0 radical (unpaired) electrons. The molecule has 11 heteroatoms. The first-order valence-corrected chi connectivity index (χ1v) is 6.37. The summed E-state index contributed by atoms with van der Waals surface area (Å²) in [6, 6.07) is 0.624. The fourth-order valence-corrected chi connectivity index (χ4v) is 2.21. The SMILES string of the molecule is COc1cc(=O)[nH]c(OC(F)(F)F)c1S(=O)(=O)Cl. The Kier molecular flexibility index (Phi) is 3.81. The van der Waals surface area contributed by atoms with Crippen molar-refractivity contribution in [3.05, 3.63) is 16.4 Å². The molecule has 0 amide bonds. The van der Waals surface area contributed by atoms with Crippen molar-refractivity contribution in [3.63, 3.8) is 0 Å². The predicted octanol–water partition coefficient (Wildman–Crippen LogP) is 1.21. The third-order valence-electron chi connectivity index (χ3n) is 1.61. The van der Waals surface area contributed by atoms with Gasteiger partial charge in [-0.15, -0.1) is 13.2 Å². The first-order valence-electron chi connectivity index (χ1n) is 4.06. The van der Waals surface area contributed by atoms with Crippen LogP contribution in [-0.2, 0) is 9.05 Å². The number of rotatable bonds is 3. The molecule has 18 heavy (non-hydrogen) atoms. The van der Waals surface area contributed by atoms with Crippen LogP contribution in [0.3, 0.4) is 0 Å². The van der Waals surface area contributed by atoms with Crippen molar-refractivity contribution >= 4 is 19.7 Å². The van der Waals surface area contributed by atoms with Crippen LogP contribution in [0.4, 0.5) is 13.2 Å². The lowest BCUT2D eigenvalue weighted by Crippen LogP contribution is -2.22. The summed E-state index contributed by atoms with van der Waals surface area (Å²) in [4.78, 5) is 11.5. The van der Waals surface area contributed by atoms with E-state index in [2.05, 4.69) is 9.47 Å². The highest BCUT2D eigenvalue weighted by Gasteiger charge is 2.36. The summed E-state index contributed by atoms with van der Waals surface area (Å²) in [5, 5.41) is 0. The van der Waals surface area contributed by atoms with Gasteiger partial charge in [0.25, 0.3) is 14.6 Å². The fourth-order valence-electron chi connectivity index (χ4n) is 1.07. The van der Waals surface area contributed by atoms with Gasteiger partial charge < -0.3 is 9.47 Å². The predicted molar refractivity (Wildman–Crippen MR) is 53.3 cm³/mol. The zero-order valence-electron chi connectivity index (χ0n) is 8.54. The van der Waals surface area contributed by atoms with Crippen LogP contribution >= 0.6 is 10.7 Å². The summed E-state index contributed by atoms with van der Waals surface area (Å²) < 4.78 is 66.3. The summed E-state index contributed by atoms with van der Waals surface area (Å²) in [6.45, 7) is 0. The molecule has 1 aromatic heterocycles. The van der Waals surface area contributed by atoms with Crippen molar-refractivity contribution in [2.75, 3.05) is 7.11 Å². The largest absolute Gasteiger partial charge is 0.574 e. The fraction of sp³-hybridized carbons (Fsp3) is 0.286. The average molecular weight is 308 g/mol. The summed E-state index contributed by atoms with van der Waals surface area (Å²) in [6.07, 6.45) is -5.20. The van der Waals surface area contributed by atoms with E-state index < -0.39 is 37.5 Å². The molecule has 0 atom stereocenters. The average Bonchev–Trinajstić information content (AvgIpc) is 2.11. The normalized spacial score (nSPS) is 12.3. The van der Waals surface area contributed by atoms with E-state index in [1.54, 1.807) is 4.98 Å². The Bertz CT molecular complexity index is 608. The molecule has 0 spiro atoms. The van der Waals surface area contributed by atoms with Gasteiger partial charge in [0.1, 0.15) is 5.75 Å². The van der Waals surface area contributed by atoms with Crippen LogP contribution in [0.25, 0.3) is 0 Å². The summed E-state index contributed by atoms with van der Waals surface area (Å²) in [7, 11) is 1.29. The topological polar surface area (TPSA) is 85.5 Å². The molecule has 0 fully saturated rings. The molecule has 1 rings (SSSR count). The molecular weight excluding hydrogens is 303 g/mol. The molecule has 0 aromatic carbocycles. The van der Waals surface area contributed by atoms with Crippen molar-refractivity contribution < 1.29 is 31.1 Å². The second kappa shape index (κ2) is 4.69. The maximum atomic E-state index is 12.1. The Labute approximate surface area is 103 Å². The van der Waals surface area contributed by atoms with E-state index in [1.165, 1.54) is 0 Å². The smallest absolute Gasteiger partial charge is 0.495 e. The van der Waals surface area contributed by atoms with Gasteiger partial charge in [-0.3, -0.25) is 9.78 Å². The molecular formula is C7H5ClF3NO5S. The van der Waals surface area contributed by atoms with Crippen molar-refractivity contribution in [1.82, 2.24) is 4.98 Å². The van der Waals surface area contributed by atoms with Crippen molar-refractivity contribution in [2.45, 2.75) is 11.3 Å². The van der Waals surface area contributed by atoms with Crippen LogP contribution in [0.5, 0.6) is 11.6 Å². The molecule has 1 aromatic rings. The molecule has 0 saturated carbocycles. The van der Waals surface area contributed by atoms with Gasteiger partial charge in [-0.2, -0.15) is 0 Å². The molecule has 0 unspecified atom stereocenters. The van der Waals surface area contributed by atoms with Gasteiger partial charge in [0.15, 0.2) is 4.90 Å². The van der Waals surface area contributed by atoms with Crippen LogP contribution in [-0.4, -0.2) is 26.9 Å². The molecule has 0 aliphatic heterocycles. The van der Waals surface area contributed by atoms with Gasteiger partial charge in [-0.05, 0) is 0 Å². The minimum atomic E-state index is -5.20. The van der Waals surface area contributed by atoms with Gasteiger partial charge >= 0.3 is 6.36 Å². The zero-order chi connectivity index (χ0) is 14.1. The first-order chi connectivity index (χ1) is 8.04. The van der Waals surface area contributed by atoms with Crippen molar-refractivity contribution in [2.24, 2.45) is 0 Å². The highest BCUT2D eigenvalue weighted by atomic mass is 35.7. The molecule has 0 saturated heterocycles. The van der Waals surface area contributed by atoms with E-state index in [0.29, 0.717) is 6.07 Å². The molecule has 1 heterocycles. The van der Waals surface area contributed by atoms with Crippen LogP contribution < -0.4 is 15.0 Å². The highest BCUT2D eigenvalue weighted by Crippen LogP contribution is 2.35. The van der Waals surface area contributed by atoms with Gasteiger partial charge in [0.2, 0.25) is 5.88 Å². The second-order valence-corrected chi connectivity index (χ2v) is 5.35. The van der Waals surface area contributed by atoms with Gasteiger partial charge in [0, 0.05) is 16.7 Å². The maximum absolute atomic E-state index is 12.1. The van der Waals surface area contributed by atoms with E-state index in [-0.39, 0.29) is 0 Å². The lowest BCUT2D eigenvalue weighted by molar-refractivity contribution is -0.277.